The van der Waals surface area contributed by atoms with E-state index >= 15 is 0 Å². The molecule has 0 bridgehead atoms. The Kier molecular flexibility index (Phi) is 11.8. The summed E-state index contributed by atoms with van der Waals surface area (Å²) in [4.78, 5) is 13.8. The van der Waals surface area contributed by atoms with E-state index < -0.39 is 10.0 Å². The van der Waals surface area contributed by atoms with E-state index in [9.17, 15) is 13.5 Å². The summed E-state index contributed by atoms with van der Waals surface area (Å²) in [6.45, 7) is 0.717. The third kappa shape index (κ3) is 10.4. The van der Waals surface area contributed by atoms with E-state index in [2.05, 4.69) is 15.3 Å². The van der Waals surface area contributed by atoms with Crippen molar-refractivity contribution in [3.05, 3.63) is 24.5 Å². The molecule has 0 unspecified atom stereocenters. The summed E-state index contributed by atoms with van der Waals surface area (Å²) in [6, 6.07) is 3.61. The summed E-state index contributed by atoms with van der Waals surface area (Å²) in [5.41, 5.74) is 6.68. The largest absolute Gasteiger partial charge is 0.395 e. The fraction of sp³-hybridized carbons (Fsp3) is 0.714. The van der Waals surface area contributed by atoms with E-state index in [4.69, 9.17) is 10.6 Å². The average Bonchev–Trinajstić information content (AvgIpc) is 2.77. The monoisotopic (exact) mass is 455 g/mol. The molecule has 1 aliphatic rings. The molecule has 4 N–H and O–H groups in total. The standard InChI is InChI=1S/C21H37N5O4S/c22-21(25-20-10-13-23-14-11-20)24-12-6-1-2-7-17-31(28,29)26(15-16-27)30-18-19-8-4-3-5-9-19/h10-11,13-14,19,27H,1-9,12,15-18H2,(H3,22,23,24,25). The number of nitrogens with one attached hydrogen (secondary N) is 1. The SMILES string of the molecule is NC(=NCCCCCCS(=O)(=O)N(CCO)OCC1CCCCC1)Nc1ccncc1. The number of nitrogens with two attached hydrogens (primary N) is 1. The first-order chi connectivity index (χ1) is 15.0. The van der Waals surface area contributed by atoms with Crippen LogP contribution in [-0.4, -0.2) is 61.0 Å². The topological polar surface area (TPSA) is 130 Å². The second-order valence-corrected chi connectivity index (χ2v) is 9.89. The minimum atomic E-state index is -3.54. The summed E-state index contributed by atoms with van der Waals surface area (Å²) in [5.74, 6) is 0.780. The van der Waals surface area contributed by atoms with E-state index in [1.165, 1.54) is 19.3 Å². The molecule has 1 aliphatic carbocycles. The van der Waals surface area contributed by atoms with Gasteiger partial charge in [0.15, 0.2) is 5.96 Å². The van der Waals surface area contributed by atoms with Crippen molar-refractivity contribution in [2.45, 2.75) is 57.8 Å². The molecule has 0 aromatic carbocycles. The molecule has 1 saturated carbocycles. The molecule has 0 atom stereocenters. The number of hydroxylamine groups is 1. The maximum atomic E-state index is 12.6. The molecule has 1 heterocycles. The Hall–Kier alpha value is -1.75. The lowest BCUT2D eigenvalue weighted by Crippen LogP contribution is -2.37. The van der Waals surface area contributed by atoms with E-state index in [0.29, 0.717) is 31.4 Å². The van der Waals surface area contributed by atoms with Crippen molar-refractivity contribution < 1.29 is 18.4 Å². The molecule has 0 amide bonds. The van der Waals surface area contributed by atoms with Crippen molar-refractivity contribution >= 4 is 21.7 Å². The number of anilines is 1. The predicted octanol–water partition coefficient (Wildman–Crippen LogP) is 2.50. The molecule has 0 radical (unpaired) electrons. The van der Waals surface area contributed by atoms with Crippen molar-refractivity contribution in [3.63, 3.8) is 0 Å². The van der Waals surface area contributed by atoms with Crippen LogP contribution < -0.4 is 11.1 Å². The number of pyridine rings is 1. The van der Waals surface area contributed by atoms with Gasteiger partial charge < -0.3 is 16.2 Å². The highest BCUT2D eigenvalue weighted by Crippen LogP contribution is 2.24. The number of aliphatic imine (C=N–C) groups is 1. The number of hydrogen-bond donors (Lipinski definition) is 3. The molecule has 0 spiro atoms. The Morgan fingerprint density at radius 3 is 2.61 bits per heavy atom. The van der Waals surface area contributed by atoms with Gasteiger partial charge in [0.25, 0.3) is 0 Å². The first kappa shape index (κ1) is 25.5. The summed E-state index contributed by atoms with van der Waals surface area (Å²) in [5, 5.41) is 12.2. The zero-order chi connectivity index (χ0) is 22.4. The maximum Gasteiger partial charge on any atom is 0.236 e. The average molecular weight is 456 g/mol. The van der Waals surface area contributed by atoms with Crippen LogP contribution in [0.4, 0.5) is 5.69 Å². The van der Waals surface area contributed by atoms with Gasteiger partial charge in [0, 0.05) is 24.6 Å². The van der Waals surface area contributed by atoms with Gasteiger partial charge in [0.2, 0.25) is 10.0 Å². The first-order valence-corrected chi connectivity index (χ1v) is 12.8. The van der Waals surface area contributed by atoms with Crippen LogP contribution in [0.5, 0.6) is 0 Å². The second kappa shape index (κ2) is 14.3. The van der Waals surface area contributed by atoms with Crippen LogP contribution >= 0.6 is 0 Å². The molecule has 0 saturated heterocycles. The van der Waals surface area contributed by atoms with Gasteiger partial charge in [-0.1, -0.05) is 36.6 Å². The summed E-state index contributed by atoms with van der Waals surface area (Å²) < 4.78 is 26.2. The van der Waals surface area contributed by atoms with Crippen LogP contribution in [0, 0.1) is 5.92 Å². The number of rotatable bonds is 14. The highest BCUT2D eigenvalue weighted by atomic mass is 32.2. The molecule has 2 rings (SSSR count). The number of nitrogens with zero attached hydrogens (tertiary/aromatic N) is 3. The summed E-state index contributed by atoms with van der Waals surface area (Å²) >= 11 is 0. The minimum absolute atomic E-state index is 0.0203. The van der Waals surface area contributed by atoms with Crippen LogP contribution in [0.1, 0.15) is 57.8 Å². The van der Waals surface area contributed by atoms with Crippen molar-refractivity contribution in [2.24, 2.45) is 16.6 Å². The number of guanidine groups is 1. The molecule has 1 aromatic heterocycles. The molecule has 176 valence electrons. The summed E-state index contributed by atoms with van der Waals surface area (Å²) in [6.07, 6.45) is 12.1. The lowest BCUT2D eigenvalue weighted by atomic mass is 9.90. The Labute approximate surface area is 186 Å². The highest BCUT2D eigenvalue weighted by Gasteiger charge is 2.24. The van der Waals surface area contributed by atoms with Gasteiger partial charge in [0.05, 0.1) is 25.5 Å². The number of aliphatic hydroxyl groups is 1. The Morgan fingerprint density at radius 1 is 1.19 bits per heavy atom. The lowest BCUT2D eigenvalue weighted by Gasteiger charge is -2.26. The molecule has 9 nitrogen and oxygen atoms in total. The molecule has 1 fully saturated rings. The van der Waals surface area contributed by atoms with Gasteiger partial charge in [-0.25, -0.2) is 8.42 Å². The van der Waals surface area contributed by atoms with Gasteiger partial charge in [-0.15, -0.1) is 0 Å². The molecule has 0 aliphatic heterocycles. The van der Waals surface area contributed by atoms with Crippen molar-refractivity contribution in [2.75, 3.05) is 37.4 Å². The van der Waals surface area contributed by atoms with E-state index in [1.807, 2.05) is 12.1 Å². The number of aliphatic hydroxyl groups excluding tert-OH is 1. The molecular formula is C21H37N5O4S. The van der Waals surface area contributed by atoms with Crippen LogP contribution in [0.15, 0.2) is 29.5 Å². The predicted molar refractivity (Wildman–Crippen MR) is 123 cm³/mol. The molecule has 10 heteroatoms. The Bertz CT molecular complexity index is 739. The first-order valence-electron chi connectivity index (χ1n) is 11.2. The lowest BCUT2D eigenvalue weighted by molar-refractivity contribution is -0.107. The Morgan fingerprint density at radius 2 is 1.90 bits per heavy atom. The zero-order valence-corrected chi connectivity index (χ0v) is 19.1. The van der Waals surface area contributed by atoms with Crippen LogP contribution in [0.2, 0.25) is 0 Å². The third-order valence-corrected chi connectivity index (χ3v) is 7.03. The number of unbranched alkanes of at least 4 members (excludes halogenated alkanes) is 3. The second-order valence-electron chi connectivity index (χ2n) is 7.91. The van der Waals surface area contributed by atoms with Gasteiger partial charge in [0.1, 0.15) is 0 Å². The number of sulfonamides is 1. The van der Waals surface area contributed by atoms with Crippen molar-refractivity contribution in [3.8, 4) is 0 Å². The molecule has 31 heavy (non-hydrogen) atoms. The van der Waals surface area contributed by atoms with Crippen LogP contribution in [0.3, 0.4) is 0 Å². The molecule has 1 aromatic rings. The van der Waals surface area contributed by atoms with Gasteiger partial charge in [-0.05, 0) is 43.7 Å². The number of hydrogen-bond acceptors (Lipinski definition) is 6. The fourth-order valence-corrected chi connectivity index (χ4v) is 4.94. The highest BCUT2D eigenvalue weighted by molar-refractivity contribution is 7.88. The fourth-order valence-electron chi connectivity index (χ4n) is 3.58. The van der Waals surface area contributed by atoms with E-state index in [-0.39, 0.29) is 18.9 Å². The van der Waals surface area contributed by atoms with Crippen molar-refractivity contribution in [1.82, 2.24) is 9.45 Å². The minimum Gasteiger partial charge on any atom is -0.395 e. The van der Waals surface area contributed by atoms with Crippen molar-refractivity contribution in [1.29, 1.82) is 0 Å². The van der Waals surface area contributed by atoms with Crippen LogP contribution in [0.25, 0.3) is 0 Å². The third-order valence-electron chi connectivity index (χ3n) is 5.32. The Balaban J connectivity index is 1.62. The smallest absolute Gasteiger partial charge is 0.236 e. The number of aromatic nitrogens is 1. The quantitative estimate of drug-likeness (QED) is 0.170. The van der Waals surface area contributed by atoms with Gasteiger partial charge in [-0.2, -0.15) is 0 Å². The normalized spacial score (nSPS) is 16.0. The molecular weight excluding hydrogens is 418 g/mol. The van der Waals surface area contributed by atoms with E-state index in [1.54, 1.807) is 12.4 Å². The zero-order valence-electron chi connectivity index (χ0n) is 18.3. The maximum absolute atomic E-state index is 12.6. The van der Waals surface area contributed by atoms with E-state index in [0.717, 1.165) is 42.3 Å². The van der Waals surface area contributed by atoms with Crippen LogP contribution in [-0.2, 0) is 14.9 Å². The summed E-state index contributed by atoms with van der Waals surface area (Å²) in [7, 11) is -3.54. The van der Waals surface area contributed by atoms with Gasteiger partial charge in [-0.3, -0.25) is 14.8 Å². The van der Waals surface area contributed by atoms with Gasteiger partial charge >= 0.3 is 0 Å².